The van der Waals surface area contributed by atoms with Crippen molar-refractivity contribution in [3.8, 4) is 0 Å². The van der Waals surface area contributed by atoms with E-state index in [2.05, 4.69) is 27.0 Å². The van der Waals surface area contributed by atoms with Crippen molar-refractivity contribution in [2.75, 3.05) is 32.8 Å². The summed E-state index contributed by atoms with van der Waals surface area (Å²) in [5, 5.41) is 3.41. The van der Waals surface area contributed by atoms with Gasteiger partial charge in [-0.15, -0.1) is 0 Å². The second kappa shape index (κ2) is 8.44. The van der Waals surface area contributed by atoms with E-state index in [9.17, 15) is 0 Å². The third-order valence-electron chi connectivity index (χ3n) is 3.30. The molecule has 0 bridgehead atoms. The molecule has 0 amide bonds. The van der Waals surface area contributed by atoms with Crippen molar-refractivity contribution >= 4 is 11.6 Å². The Morgan fingerprint density at radius 1 is 1.14 bits per heavy atom. The van der Waals surface area contributed by atoms with Crippen LogP contribution in [0.5, 0.6) is 0 Å². The van der Waals surface area contributed by atoms with Gasteiger partial charge >= 0.3 is 0 Å². The fourth-order valence-electron chi connectivity index (χ4n) is 2.19. The van der Waals surface area contributed by atoms with Crippen LogP contribution in [0.15, 0.2) is 36.7 Å². The van der Waals surface area contributed by atoms with Crippen LogP contribution in [-0.2, 0) is 22.4 Å². The summed E-state index contributed by atoms with van der Waals surface area (Å²) >= 11 is 0. The molecule has 0 radical (unpaired) electrons. The number of anilines is 2. The van der Waals surface area contributed by atoms with Crippen LogP contribution in [0.3, 0.4) is 0 Å². The summed E-state index contributed by atoms with van der Waals surface area (Å²) < 4.78 is 12.4. The van der Waals surface area contributed by atoms with Crippen molar-refractivity contribution in [2.45, 2.75) is 19.4 Å². The van der Waals surface area contributed by atoms with Gasteiger partial charge in [0.1, 0.15) is 0 Å². The lowest BCUT2D eigenvalue weighted by Gasteiger charge is -2.13. The summed E-state index contributed by atoms with van der Waals surface area (Å²) in [6.07, 6.45) is 5.64. The molecule has 0 aliphatic carbocycles. The minimum atomic E-state index is 0.709. The van der Waals surface area contributed by atoms with Gasteiger partial charge in [0.2, 0.25) is 5.95 Å². The molecule has 0 unspecified atom stereocenters. The maximum atomic E-state index is 5.16. The van der Waals surface area contributed by atoms with Crippen molar-refractivity contribution in [3.05, 3.63) is 42.2 Å². The largest absolute Gasteiger partial charge is 0.385 e. The molecule has 1 heterocycles. The van der Waals surface area contributed by atoms with Crippen LogP contribution in [0, 0.1) is 0 Å². The summed E-state index contributed by atoms with van der Waals surface area (Å²) in [5.74, 6) is 0.857. The average Bonchev–Trinajstić information content (AvgIpc) is 2.94. The SMILES string of the molecule is COCCCn1ccnc1Nc1ccccc1CCOC. The lowest BCUT2D eigenvalue weighted by molar-refractivity contribution is 0.190. The standard InChI is InChI=1S/C16H23N3O2/c1-20-12-5-10-19-11-9-17-16(19)18-15-7-4-3-6-14(15)8-13-21-2/h3-4,6-7,9,11H,5,8,10,12-13H2,1-2H3,(H,17,18). The number of nitrogens with one attached hydrogen (secondary N) is 1. The number of imidazole rings is 1. The van der Waals surface area contributed by atoms with Gasteiger partial charge in [0.25, 0.3) is 0 Å². The molecular weight excluding hydrogens is 266 g/mol. The van der Waals surface area contributed by atoms with E-state index in [0.29, 0.717) is 6.61 Å². The Morgan fingerprint density at radius 2 is 1.95 bits per heavy atom. The number of hydrogen-bond acceptors (Lipinski definition) is 4. The first-order valence-corrected chi connectivity index (χ1v) is 7.19. The second-order valence-electron chi connectivity index (χ2n) is 4.82. The van der Waals surface area contributed by atoms with Gasteiger partial charge < -0.3 is 19.4 Å². The predicted molar refractivity (Wildman–Crippen MR) is 84.0 cm³/mol. The molecule has 5 heteroatoms. The van der Waals surface area contributed by atoms with Gasteiger partial charge in [-0.3, -0.25) is 0 Å². The maximum Gasteiger partial charge on any atom is 0.207 e. The maximum absolute atomic E-state index is 5.16. The lowest BCUT2D eigenvalue weighted by atomic mass is 10.1. The number of aromatic nitrogens is 2. The molecular formula is C16H23N3O2. The Bertz CT molecular complexity index is 540. The molecule has 0 saturated carbocycles. The normalized spacial score (nSPS) is 10.8. The van der Waals surface area contributed by atoms with Gasteiger partial charge in [-0.1, -0.05) is 18.2 Å². The predicted octanol–water partition coefficient (Wildman–Crippen LogP) is 2.85. The van der Waals surface area contributed by atoms with Gasteiger partial charge in [0.15, 0.2) is 0 Å². The third kappa shape index (κ3) is 4.58. The van der Waals surface area contributed by atoms with Crippen molar-refractivity contribution < 1.29 is 9.47 Å². The molecule has 1 aromatic carbocycles. The smallest absolute Gasteiger partial charge is 0.207 e. The average molecular weight is 289 g/mol. The monoisotopic (exact) mass is 289 g/mol. The quantitative estimate of drug-likeness (QED) is 0.721. The minimum absolute atomic E-state index is 0.709. The van der Waals surface area contributed by atoms with Crippen molar-refractivity contribution in [3.63, 3.8) is 0 Å². The highest BCUT2D eigenvalue weighted by Gasteiger charge is 2.06. The summed E-state index contributed by atoms with van der Waals surface area (Å²) in [7, 11) is 3.44. The molecule has 0 aliphatic rings. The number of ether oxygens (including phenoxy) is 2. The van der Waals surface area contributed by atoms with Crippen molar-refractivity contribution in [1.82, 2.24) is 9.55 Å². The molecule has 0 aliphatic heterocycles. The van der Waals surface area contributed by atoms with E-state index in [0.717, 1.165) is 37.6 Å². The van der Waals surface area contributed by atoms with Crippen molar-refractivity contribution in [1.29, 1.82) is 0 Å². The minimum Gasteiger partial charge on any atom is -0.385 e. The number of methoxy groups -OCH3 is 2. The van der Waals surface area contributed by atoms with Crippen LogP contribution in [0.4, 0.5) is 11.6 Å². The highest BCUT2D eigenvalue weighted by Crippen LogP contribution is 2.20. The Hall–Kier alpha value is -1.85. The Labute approximate surface area is 125 Å². The molecule has 0 saturated heterocycles. The Balaban J connectivity index is 2.06. The van der Waals surface area contributed by atoms with E-state index in [1.807, 2.05) is 24.5 Å². The Morgan fingerprint density at radius 3 is 2.76 bits per heavy atom. The number of para-hydroxylation sites is 1. The van der Waals surface area contributed by atoms with Crippen LogP contribution in [0.1, 0.15) is 12.0 Å². The van der Waals surface area contributed by atoms with E-state index < -0.39 is 0 Å². The Kier molecular flexibility index (Phi) is 6.24. The van der Waals surface area contributed by atoms with Crippen LogP contribution in [0.25, 0.3) is 0 Å². The van der Waals surface area contributed by atoms with Gasteiger partial charge in [0, 0.05) is 45.5 Å². The van der Waals surface area contributed by atoms with Gasteiger partial charge in [0.05, 0.1) is 6.61 Å². The fourth-order valence-corrected chi connectivity index (χ4v) is 2.19. The van der Waals surface area contributed by atoms with Crippen LogP contribution in [-0.4, -0.2) is 37.0 Å². The van der Waals surface area contributed by atoms with Crippen LogP contribution < -0.4 is 5.32 Å². The summed E-state index contributed by atoms with van der Waals surface area (Å²) in [4.78, 5) is 4.39. The number of nitrogens with zero attached hydrogens (tertiary/aromatic N) is 2. The van der Waals surface area contributed by atoms with E-state index in [1.54, 1.807) is 14.2 Å². The molecule has 0 fully saturated rings. The topological polar surface area (TPSA) is 48.3 Å². The van der Waals surface area contributed by atoms with Gasteiger partial charge in [-0.2, -0.15) is 0 Å². The van der Waals surface area contributed by atoms with Gasteiger partial charge in [-0.25, -0.2) is 4.98 Å². The zero-order chi connectivity index (χ0) is 14.9. The molecule has 0 spiro atoms. The number of rotatable bonds is 9. The van der Waals surface area contributed by atoms with E-state index >= 15 is 0 Å². The summed E-state index contributed by atoms with van der Waals surface area (Å²) in [6, 6.07) is 8.25. The zero-order valence-corrected chi connectivity index (χ0v) is 12.7. The number of benzene rings is 1. The molecule has 5 nitrogen and oxygen atoms in total. The molecule has 21 heavy (non-hydrogen) atoms. The van der Waals surface area contributed by atoms with Crippen molar-refractivity contribution in [2.24, 2.45) is 0 Å². The molecule has 1 N–H and O–H groups in total. The molecule has 1 aromatic heterocycles. The van der Waals surface area contributed by atoms with Crippen LogP contribution >= 0.6 is 0 Å². The first-order valence-electron chi connectivity index (χ1n) is 7.19. The molecule has 2 rings (SSSR count). The molecule has 2 aromatic rings. The van der Waals surface area contributed by atoms with Gasteiger partial charge in [-0.05, 0) is 24.5 Å². The first kappa shape index (κ1) is 15.5. The molecule has 114 valence electrons. The summed E-state index contributed by atoms with van der Waals surface area (Å²) in [5.41, 5.74) is 2.31. The lowest BCUT2D eigenvalue weighted by Crippen LogP contribution is -2.07. The van der Waals surface area contributed by atoms with E-state index in [-0.39, 0.29) is 0 Å². The first-order chi connectivity index (χ1) is 10.3. The number of hydrogen-bond donors (Lipinski definition) is 1. The summed E-state index contributed by atoms with van der Waals surface area (Å²) in [6.45, 7) is 2.35. The molecule has 0 atom stereocenters. The number of aryl methyl sites for hydroxylation is 1. The fraction of sp³-hybridized carbons (Fsp3) is 0.438. The zero-order valence-electron chi connectivity index (χ0n) is 12.7. The second-order valence-corrected chi connectivity index (χ2v) is 4.82. The highest BCUT2D eigenvalue weighted by atomic mass is 16.5. The van der Waals surface area contributed by atoms with E-state index in [4.69, 9.17) is 9.47 Å². The highest BCUT2D eigenvalue weighted by molar-refractivity contribution is 5.58. The van der Waals surface area contributed by atoms with Crippen LogP contribution in [0.2, 0.25) is 0 Å². The van der Waals surface area contributed by atoms with E-state index in [1.165, 1.54) is 5.56 Å². The third-order valence-corrected chi connectivity index (χ3v) is 3.30.